The highest BCUT2D eigenvalue weighted by molar-refractivity contribution is 7.80. The molecule has 0 saturated carbocycles. The van der Waals surface area contributed by atoms with Crippen LogP contribution >= 0.6 is 23.8 Å². The first-order valence-electron chi connectivity index (χ1n) is 12.0. The van der Waals surface area contributed by atoms with Gasteiger partial charge in [0.25, 0.3) is 0 Å². The van der Waals surface area contributed by atoms with Crippen molar-refractivity contribution in [2.24, 2.45) is 0 Å². The van der Waals surface area contributed by atoms with Crippen LogP contribution in [0.3, 0.4) is 0 Å². The second kappa shape index (κ2) is 9.60. The van der Waals surface area contributed by atoms with Crippen LogP contribution in [-0.4, -0.2) is 19.8 Å². The number of nitrogens with zero attached hydrogens (tertiary/aromatic N) is 3. The fourth-order valence-electron chi connectivity index (χ4n) is 5.10. The highest BCUT2D eigenvalue weighted by Crippen LogP contribution is 2.44. The lowest BCUT2D eigenvalue weighted by Gasteiger charge is -2.28. The topological polar surface area (TPSA) is 53.3 Å². The summed E-state index contributed by atoms with van der Waals surface area (Å²) in [5, 5.41) is 15.4. The number of hydrogen-bond acceptors (Lipinski definition) is 3. The van der Waals surface area contributed by atoms with Crippen molar-refractivity contribution in [3.63, 3.8) is 0 Å². The summed E-state index contributed by atoms with van der Waals surface area (Å²) in [5.74, 6) is 0.624. The molecule has 2 aromatic carbocycles. The van der Waals surface area contributed by atoms with Gasteiger partial charge in [-0.25, -0.2) is 0 Å². The number of phenols is 1. The van der Waals surface area contributed by atoms with Crippen molar-refractivity contribution in [3.05, 3.63) is 106 Å². The lowest BCUT2D eigenvalue weighted by molar-refractivity contribution is 0.471. The van der Waals surface area contributed by atoms with Gasteiger partial charge in [0.1, 0.15) is 5.75 Å². The number of nitrogens with one attached hydrogen (secondary N) is 1. The van der Waals surface area contributed by atoms with E-state index in [0.29, 0.717) is 21.7 Å². The van der Waals surface area contributed by atoms with Crippen molar-refractivity contribution in [2.75, 3.05) is 4.90 Å². The number of pyridine rings is 1. The fraction of sp³-hybridized carbons (Fsp3) is 0.241. The molecule has 7 heteroatoms. The van der Waals surface area contributed by atoms with Crippen molar-refractivity contribution < 1.29 is 5.11 Å². The molecule has 2 atom stereocenters. The smallest absolute Gasteiger partial charge is 0.174 e. The molecular formula is C29H29ClN4OS. The maximum atomic E-state index is 10.7. The van der Waals surface area contributed by atoms with Gasteiger partial charge in [0.2, 0.25) is 0 Å². The first kappa shape index (κ1) is 24.3. The summed E-state index contributed by atoms with van der Waals surface area (Å²) in [4.78, 5) is 6.85. The Hall–Kier alpha value is -3.35. The third-order valence-electron chi connectivity index (χ3n) is 6.90. The summed E-state index contributed by atoms with van der Waals surface area (Å²) in [7, 11) is 0. The SMILES string of the molecule is Cc1cc([C@H]2[C@H](c3ccccn3)NC(=S)N2c2ccc(C(C)C)cc2)c(C)n1-c1cc(Cl)ccc1O. The standard InChI is InChI=1S/C29H29ClN4OS/c1-17(2)20-8-11-22(12-9-20)34-28(27(32-29(34)36)24-7-5-6-14-31-24)23-15-18(3)33(19(23)4)25-16-21(30)10-13-26(25)35/h5-17,27-28,35H,1-4H3,(H,32,36)/t27-,28-/m0/s1. The quantitative estimate of drug-likeness (QED) is 0.276. The Morgan fingerprint density at radius 1 is 1.03 bits per heavy atom. The first-order chi connectivity index (χ1) is 17.3. The van der Waals surface area contributed by atoms with Crippen LogP contribution in [0.4, 0.5) is 5.69 Å². The van der Waals surface area contributed by atoms with E-state index in [1.54, 1.807) is 18.2 Å². The summed E-state index contributed by atoms with van der Waals surface area (Å²) in [6.07, 6.45) is 1.81. The van der Waals surface area contributed by atoms with Gasteiger partial charge >= 0.3 is 0 Å². The van der Waals surface area contributed by atoms with Crippen LogP contribution in [0.2, 0.25) is 5.02 Å². The van der Waals surface area contributed by atoms with Crippen LogP contribution in [0.25, 0.3) is 5.69 Å². The summed E-state index contributed by atoms with van der Waals surface area (Å²) >= 11 is 12.2. The van der Waals surface area contributed by atoms with Gasteiger partial charge in [-0.05, 0) is 91.6 Å². The van der Waals surface area contributed by atoms with E-state index >= 15 is 0 Å². The maximum Gasteiger partial charge on any atom is 0.174 e. The largest absolute Gasteiger partial charge is 0.506 e. The highest BCUT2D eigenvalue weighted by atomic mass is 35.5. The van der Waals surface area contributed by atoms with E-state index in [4.69, 9.17) is 23.8 Å². The number of benzene rings is 2. The number of phenolic OH excluding ortho intramolecular Hbond substituents is 1. The number of aromatic nitrogens is 2. The number of thiocarbonyl (C=S) groups is 1. The third kappa shape index (κ3) is 4.25. The molecule has 1 fully saturated rings. The highest BCUT2D eigenvalue weighted by Gasteiger charge is 2.42. The Morgan fingerprint density at radius 2 is 1.78 bits per heavy atom. The van der Waals surface area contributed by atoms with Gasteiger partial charge in [0, 0.05) is 28.3 Å². The molecule has 1 aliphatic heterocycles. The molecule has 0 aliphatic carbocycles. The summed E-state index contributed by atoms with van der Waals surface area (Å²) < 4.78 is 2.05. The molecule has 36 heavy (non-hydrogen) atoms. The molecule has 0 spiro atoms. The second-order valence-electron chi connectivity index (χ2n) is 9.54. The van der Waals surface area contributed by atoms with Gasteiger partial charge in [0.05, 0.1) is 23.5 Å². The zero-order chi connectivity index (χ0) is 25.6. The van der Waals surface area contributed by atoms with E-state index in [1.807, 2.05) is 35.9 Å². The Labute approximate surface area is 222 Å². The lowest BCUT2D eigenvalue weighted by atomic mass is 9.96. The van der Waals surface area contributed by atoms with Crippen molar-refractivity contribution in [1.29, 1.82) is 0 Å². The van der Waals surface area contributed by atoms with Gasteiger partial charge in [-0.15, -0.1) is 0 Å². The molecule has 0 amide bonds. The minimum Gasteiger partial charge on any atom is -0.506 e. The second-order valence-corrected chi connectivity index (χ2v) is 10.4. The molecule has 184 valence electrons. The minimum absolute atomic E-state index is 0.140. The normalized spacial score (nSPS) is 17.6. The summed E-state index contributed by atoms with van der Waals surface area (Å²) in [6.45, 7) is 8.49. The zero-order valence-corrected chi connectivity index (χ0v) is 22.3. The van der Waals surface area contributed by atoms with E-state index in [-0.39, 0.29) is 17.8 Å². The number of halogens is 1. The minimum atomic E-state index is -0.148. The van der Waals surface area contributed by atoms with Crippen LogP contribution in [0.1, 0.15) is 60.1 Å². The average molecular weight is 517 g/mol. The molecule has 0 radical (unpaired) electrons. The van der Waals surface area contributed by atoms with Crippen molar-refractivity contribution >= 4 is 34.6 Å². The number of anilines is 1. The van der Waals surface area contributed by atoms with E-state index in [0.717, 1.165) is 28.3 Å². The van der Waals surface area contributed by atoms with E-state index in [2.05, 4.69) is 66.3 Å². The fourth-order valence-corrected chi connectivity index (χ4v) is 5.61. The molecule has 0 unspecified atom stereocenters. The van der Waals surface area contributed by atoms with E-state index < -0.39 is 0 Å². The molecule has 3 heterocycles. The first-order valence-corrected chi connectivity index (χ1v) is 12.8. The number of aromatic hydroxyl groups is 1. The Balaban J connectivity index is 1.67. The van der Waals surface area contributed by atoms with Crippen LogP contribution in [0.15, 0.2) is 72.9 Å². The van der Waals surface area contributed by atoms with Crippen molar-refractivity contribution in [3.8, 4) is 11.4 Å². The van der Waals surface area contributed by atoms with Crippen molar-refractivity contribution in [2.45, 2.75) is 45.7 Å². The zero-order valence-electron chi connectivity index (χ0n) is 20.7. The predicted molar refractivity (Wildman–Crippen MR) is 150 cm³/mol. The molecule has 1 saturated heterocycles. The van der Waals surface area contributed by atoms with Crippen molar-refractivity contribution in [1.82, 2.24) is 14.9 Å². The van der Waals surface area contributed by atoms with E-state index in [1.165, 1.54) is 5.56 Å². The Morgan fingerprint density at radius 3 is 2.44 bits per heavy atom. The molecule has 0 bridgehead atoms. The van der Waals surface area contributed by atoms with Gasteiger partial charge in [-0.3, -0.25) is 4.98 Å². The van der Waals surface area contributed by atoms with Gasteiger partial charge in [-0.2, -0.15) is 0 Å². The van der Waals surface area contributed by atoms with Gasteiger partial charge in [0.15, 0.2) is 5.11 Å². The molecule has 2 aromatic heterocycles. The number of aryl methyl sites for hydroxylation is 1. The van der Waals surface area contributed by atoms with Crippen LogP contribution < -0.4 is 10.2 Å². The van der Waals surface area contributed by atoms with Crippen LogP contribution in [-0.2, 0) is 0 Å². The van der Waals surface area contributed by atoms with Crippen LogP contribution in [0, 0.1) is 13.8 Å². The van der Waals surface area contributed by atoms with Crippen LogP contribution in [0.5, 0.6) is 5.75 Å². The lowest BCUT2D eigenvalue weighted by Crippen LogP contribution is -2.29. The number of rotatable bonds is 5. The summed E-state index contributed by atoms with van der Waals surface area (Å²) in [5.41, 5.74) is 6.97. The summed E-state index contributed by atoms with van der Waals surface area (Å²) in [6, 6.07) is 21.5. The average Bonchev–Trinajstić information content (AvgIpc) is 3.36. The predicted octanol–water partition coefficient (Wildman–Crippen LogP) is 7.15. The molecular weight excluding hydrogens is 488 g/mol. The van der Waals surface area contributed by atoms with E-state index in [9.17, 15) is 5.11 Å². The van der Waals surface area contributed by atoms with Gasteiger partial charge in [-0.1, -0.05) is 43.6 Å². The Kier molecular flexibility index (Phi) is 6.49. The number of hydrogen-bond donors (Lipinski definition) is 2. The molecule has 5 rings (SSSR count). The maximum absolute atomic E-state index is 10.7. The molecule has 2 N–H and O–H groups in total. The third-order valence-corrected chi connectivity index (χ3v) is 7.45. The molecule has 1 aliphatic rings. The Bertz CT molecular complexity index is 1420. The molecule has 5 nitrogen and oxygen atoms in total. The monoisotopic (exact) mass is 516 g/mol. The molecule has 4 aromatic rings. The van der Waals surface area contributed by atoms with Gasteiger partial charge < -0.3 is 19.9 Å².